The van der Waals surface area contributed by atoms with Gasteiger partial charge in [-0.25, -0.2) is 4.98 Å². The van der Waals surface area contributed by atoms with Gasteiger partial charge in [-0.15, -0.1) is 11.6 Å². The van der Waals surface area contributed by atoms with E-state index in [2.05, 4.69) is 15.6 Å². The first-order valence-corrected chi connectivity index (χ1v) is 7.25. The van der Waals surface area contributed by atoms with Crippen LogP contribution in [-0.2, 0) is 11.3 Å². The molecule has 3 rings (SSSR count). The lowest BCUT2D eigenvalue weighted by Crippen LogP contribution is -2.13. The number of benzene rings is 1. The lowest BCUT2D eigenvalue weighted by atomic mass is 10.1. The molecule has 2 atom stereocenters. The van der Waals surface area contributed by atoms with E-state index < -0.39 is 0 Å². The third kappa shape index (κ3) is 2.28. The Balaban J connectivity index is 2.12. The van der Waals surface area contributed by atoms with Crippen LogP contribution < -0.4 is 0 Å². The van der Waals surface area contributed by atoms with Crippen LogP contribution in [0.4, 0.5) is 0 Å². The summed E-state index contributed by atoms with van der Waals surface area (Å²) in [6.07, 6.45) is 1.06. The van der Waals surface area contributed by atoms with Crippen LogP contribution in [0, 0.1) is 17.2 Å². The van der Waals surface area contributed by atoms with E-state index in [1.807, 2.05) is 19.1 Å². The molecule has 0 amide bonds. The Labute approximate surface area is 122 Å². The standard InChI is InChI=1S/C15H16ClN3O/c1-10(16)15-18-14-12(7-17)3-2-4-13(14)19(15)8-11-5-6-20-9-11/h2-4,10-11H,5-6,8-9H2,1H3. The van der Waals surface area contributed by atoms with Gasteiger partial charge in [0.25, 0.3) is 0 Å². The van der Waals surface area contributed by atoms with Gasteiger partial charge in [0.15, 0.2) is 0 Å². The van der Waals surface area contributed by atoms with Crippen molar-refractivity contribution in [2.24, 2.45) is 5.92 Å². The van der Waals surface area contributed by atoms with Gasteiger partial charge < -0.3 is 9.30 Å². The molecule has 0 spiro atoms. The lowest BCUT2D eigenvalue weighted by Gasteiger charge is -2.14. The maximum Gasteiger partial charge on any atom is 0.127 e. The minimum atomic E-state index is -0.184. The summed E-state index contributed by atoms with van der Waals surface area (Å²) in [4.78, 5) is 4.59. The Kier molecular flexibility index (Phi) is 3.64. The molecule has 1 saturated heterocycles. The van der Waals surface area contributed by atoms with Crippen molar-refractivity contribution < 1.29 is 4.74 Å². The maximum atomic E-state index is 9.21. The normalized spacial score (nSPS) is 20.1. The highest BCUT2D eigenvalue weighted by Gasteiger charge is 2.22. The number of fused-ring (bicyclic) bond motifs is 1. The highest BCUT2D eigenvalue weighted by atomic mass is 35.5. The molecule has 1 aliphatic heterocycles. The zero-order valence-electron chi connectivity index (χ0n) is 11.3. The van der Waals surface area contributed by atoms with E-state index in [1.54, 1.807) is 6.07 Å². The fourth-order valence-corrected chi connectivity index (χ4v) is 2.90. The molecule has 5 heteroatoms. The first kappa shape index (κ1) is 13.4. The average Bonchev–Trinajstić information content (AvgIpc) is 3.07. The second kappa shape index (κ2) is 5.43. The molecule has 2 unspecified atom stereocenters. The van der Waals surface area contributed by atoms with Crippen molar-refractivity contribution in [1.82, 2.24) is 9.55 Å². The summed E-state index contributed by atoms with van der Waals surface area (Å²) in [5, 5.41) is 9.02. The van der Waals surface area contributed by atoms with E-state index in [0.29, 0.717) is 11.5 Å². The van der Waals surface area contributed by atoms with E-state index >= 15 is 0 Å². The fraction of sp³-hybridized carbons (Fsp3) is 0.467. The first-order valence-electron chi connectivity index (χ1n) is 6.81. The largest absolute Gasteiger partial charge is 0.381 e. The number of nitrogens with zero attached hydrogens (tertiary/aromatic N) is 3. The molecule has 1 aliphatic rings. The number of imidazole rings is 1. The minimum absolute atomic E-state index is 0.184. The van der Waals surface area contributed by atoms with Gasteiger partial charge in [-0.1, -0.05) is 6.07 Å². The van der Waals surface area contributed by atoms with E-state index in [-0.39, 0.29) is 5.38 Å². The van der Waals surface area contributed by atoms with Crippen molar-refractivity contribution in [3.63, 3.8) is 0 Å². The molecule has 4 nitrogen and oxygen atoms in total. The second-order valence-corrected chi connectivity index (χ2v) is 5.87. The van der Waals surface area contributed by atoms with E-state index in [1.165, 1.54) is 0 Å². The van der Waals surface area contributed by atoms with Crippen molar-refractivity contribution >= 4 is 22.6 Å². The number of hydrogen-bond donors (Lipinski definition) is 0. The van der Waals surface area contributed by atoms with Crippen LogP contribution in [0.15, 0.2) is 18.2 Å². The summed E-state index contributed by atoms with van der Waals surface area (Å²) in [5.74, 6) is 1.32. The van der Waals surface area contributed by atoms with E-state index in [0.717, 1.165) is 43.0 Å². The zero-order chi connectivity index (χ0) is 14.1. The summed E-state index contributed by atoms with van der Waals surface area (Å²) in [6, 6.07) is 7.89. The number of halogens is 1. The number of aromatic nitrogens is 2. The third-order valence-corrected chi connectivity index (χ3v) is 3.94. The summed E-state index contributed by atoms with van der Waals surface area (Å²) in [7, 11) is 0. The van der Waals surface area contributed by atoms with Crippen molar-refractivity contribution in [2.75, 3.05) is 13.2 Å². The molecular formula is C15H16ClN3O. The van der Waals surface area contributed by atoms with Gasteiger partial charge in [0.05, 0.1) is 23.1 Å². The van der Waals surface area contributed by atoms with Crippen LogP contribution in [0.5, 0.6) is 0 Å². The Morgan fingerprint density at radius 1 is 1.60 bits per heavy atom. The number of nitriles is 1. The van der Waals surface area contributed by atoms with Gasteiger partial charge in [-0.2, -0.15) is 5.26 Å². The van der Waals surface area contributed by atoms with Gasteiger partial charge in [0.2, 0.25) is 0 Å². The molecule has 1 aromatic heterocycles. The lowest BCUT2D eigenvalue weighted by molar-refractivity contribution is 0.182. The molecule has 0 aliphatic carbocycles. The molecule has 0 bridgehead atoms. The smallest absolute Gasteiger partial charge is 0.127 e. The first-order chi connectivity index (χ1) is 9.70. The number of para-hydroxylation sites is 1. The highest BCUT2D eigenvalue weighted by molar-refractivity contribution is 6.20. The summed E-state index contributed by atoms with van der Waals surface area (Å²) in [6.45, 7) is 4.37. The molecule has 0 N–H and O–H groups in total. The number of alkyl halides is 1. The van der Waals surface area contributed by atoms with Gasteiger partial charge >= 0.3 is 0 Å². The van der Waals surface area contributed by atoms with Crippen LogP contribution in [0.3, 0.4) is 0 Å². The fourth-order valence-electron chi connectivity index (χ4n) is 2.74. The van der Waals surface area contributed by atoms with E-state index in [4.69, 9.17) is 16.3 Å². The van der Waals surface area contributed by atoms with Crippen molar-refractivity contribution in [1.29, 1.82) is 5.26 Å². The Morgan fingerprint density at radius 2 is 2.45 bits per heavy atom. The monoisotopic (exact) mass is 289 g/mol. The molecule has 104 valence electrons. The molecule has 1 fully saturated rings. The predicted molar refractivity (Wildman–Crippen MR) is 77.6 cm³/mol. The van der Waals surface area contributed by atoms with Gasteiger partial charge in [0, 0.05) is 19.1 Å². The third-order valence-electron chi connectivity index (χ3n) is 3.75. The summed E-state index contributed by atoms with van der Waals surface area (Å²) >= 11 is 6.26. The van der Waals surface area contributed by atoms with E-state index in [9.17, 15) is 5.26 Å². The quantitative estimate of drug-likeness (QED) is 0.815. The topological polar surface area (TPSA) is 50.8 Å². The Hall–Kier alpha value is -1.57. The molecular weight excluding hydrogens is 274 g/mol. The highest BCUT2D eigenvalue weighted by Crippen LogP contribution is 2.28. The van der Waals surface area contributed by atoms with Crippen LogP contribution in [0.1, 0.15) is 30.1 Å². The minimum Gasteiger partial charge on any atom is -0.381 e. The van der Waals surface area contributed by atoms with Gasteiger partial charge in [-0.05, 0) is 25.5 Å². The molecule has 2 aromatic rings. The molecule has 0 radical (unpaired) electrons. The molecule has 1 aromatic carbocycles. The Bertz CT molecular complexity index is 666. The molecule has 0 saturated carbocycles. The SMILES string of the molecule is CC(Cl)c1nc2c(C#N)cccc2n1CC1CCOC1. The van der Waals surface area contributed by atoms with Crippen LogP contribution >= 0.6 is 11.6 Å². The number of ether oxygens (including phenoxy) is 1. The molecule has 20 heavy (non-hydrogen) atoms. The van der Waals surface area contributed by atoms with Crippen LogP contribution in [-0.4, -0.2) is 22.8 Å². The van der Waals surface area contributed by atoms with Gasteiger partial charge in [-0.3, -0.25) is 0 Å². The summed E-state index contributed by atoms with van der Waals surface area (Å²) in [5.41, 5.74) is 2.33. The predicted octanol–water partition coefficient (Wildman–Crippen LogP) is 3.24. The molecule has 2 heterocycles. The van der Waals surface area contributed by atoms with Crippen LogP contribution in [0.2, 0.25) is 0 Å². The Morgan fingerprint density at radius 3 is 3.10 bits per heavy atom. The van der Waals surface area contributed by atoms with Crippen LogP contribution in [0.25, 0.3) is 11.0 Å². The van der Waals surface area contributed by atoms with Crippen molar-refractivity contribution in [2.45, 2.75) is 25.3 Å². The van der Waals surface area contributed by atoms with Crippen molar-refractivity contribution in [3.05, 3.63) is 29.6 Å². The number of rotatable bonds is 3. The number of hydrogen-bond acceptors (Lipinski definition) is 3. The second-order valence-electron chi connectivity index (χ2n) is 5.21. The maximum absolute atomic E-state index is 9.21. The average molecular weight is 290 g/mol. The van der Waals surface area contributed by atoms with Crippen molar-refractivity contribution in [3.8, 4) is 6.07 Å². The van der Waals surface area contributed by atoms with Gasteiger partial charge in [0.1, 0.15) is 17.4 Å². The summed E-state index contributed by atoms with van der Waals surface area (Å²) < 4.78 is 7.59. The zero-order valence-corrected chi connectivity index (χ0v) is 12.1.